The molecule has 32 heavy (non-hydrogen) atoms. The summed E-state index contributed by atoms with van der Waals surface area (Å²) < 4.78 is 9.49. The van der Waals surface area contributed by atoms with E-state index < -0.39 is 0 Å². The Labute approximate surface area is 190 Å². The smallest absolute Gasteiger partial charge is 0.234 e. The van der Waals surface area contributed by atoms with Gasteiger partial charge in [-0.25, -0.2) is 9.97 Å². The van der Waals surface area contributed by atoms with E-state index in [0.29, 0.717) is 5.75 Å². The molecule has 3 heterocycles. The number of hydrogen-bond donors (Lipinski definition) is 0. The largest absolute Gasteiger partial charge is 0.497 e. The molecule has 0 aliphatic carbocycles. The SMILES string of the molecule is COc1cccc(-c2nnc(SCc3cn4c(C)cc(C)nc4n3)n2-c2ccccc2)c1. The molecule has 0 atom stereocenters. The van der Waals surface area contributed by atoms with Crippen LogP contribution in [0.1, 0.15) is 17.1 Å². The lowest BCUT2D eigenvalue weighted by Crippen LogP contribution is -2.00. The predicted octanol–water partition coefficient (Wildman–Crippen LogP) is 4.89. The van der Waals surface area contributed by atoms with Crippen LogP contribution in [0.2, 0.25) is 0 Å². The Balaban J connectivity index is 1.51. The van der Waals surface area contributed by atoms with Crippen molar-refractivity contribution in [2.24, 2.45) is 0 Å². The molecule has 0 fully saturated rings. The molecule has 160 valence electrons. The van der Waals surface area contributed by atoms with E-state index in [2.05, 4.69) is 44.9 Å². The quantitative estimate of drug-likeness (QED) is 0.349. The van der Waals surface area contributed by atoms with E-state index in [1.54, 1.807) is 18.9 Å². The molecule has 0 N–H and O–H groups in total. The Hall–Kier alpha value is -3.65. The molecular weight excluding hydrogens is 420 g/mol. The van der Waals surface area contributed by atoms with E-state index in [9.17, 15) is 0 Å². The van der Waals surface area contributed by atoms with Gasteiger partial charge in [-0.15, -0.1) is 10.2 Å². The van der Waals surface area contributed by atoms with E-state index in [0.717, 1.165) is 50.8 Å². The molecule has 3 aromatic heterocycles. The summed E-state index contributed by atoms with van der Waals surface area (Å²) >= 11 is 1.60. The summed E-state index contributed by atoms with van der Waals surface area (Å²) in [7, 11) is 1.66. The number of para-hydroxylation sites is 1. The number of thioether (sulfide) groups is 1. The molecule has 0 amide bonds. The van der Waals surface area contributed by atoms with Crippen LogP contribution in [0.4, 0.5) is 0 Å². The molecule has 7 nitrogen and oxygen atoms in total. The van der Waals surface area contributed by atoms with E-state index in [-0.39, 0.29) is 0 Å². The third-order valence-electron chi connectivity index (χ3n) is 5.14. The first-order chi connectivity index (χ1) is 15.6. The Morgan fingerprint density at radius 1 is 0.938 bits per heavy atom. The van der Waals surface area contributed by atoms with Crippen LogP contribution in [0.25, 0.3) is 22.9 Å². The lowest BCUT2D eigenvalue weighted by molar-refractivity contribution is 0.415. The lowest BCUT2D eigenvalue weighted by atomic mass is 10.2. The van der Waals surface area contributed by atoms with Crippen molar-refractivity contribution >= 4 is 17.5 Å². The highest BCUT2D eigenvalue weighted by Crippen LogP contribution is 2.31. The highest BCUT2D eigenvalue weighted by Gasteiger charge is 2.17. The van der Waals surface area contributed by atoms with E-state index in [1.165, 1.54) is 0 Å². The third kappa shape index (κ3) is 3.85. The van der Waals surface area contributed by atoms with Gasteiger partial charge in [0, 0.05) is 34.6 Å². The van der Waals surface area contributed by atoms with Gasteiger partial charge in [-0.2, -0.15) is 0 Å². The monoisotopic (exact) mass is 442 g/mol. The second kappa shape index (κ2) is 8.47. The number of imidazole rings is 1. The Morgan fingerprint density at radius 2 is 1.78 bits per heavy atom. The van der Waals surface area contributed by atoms with Crippen molar-refractivity contribution in [1.82, 2.24) is 29.1 Å². The van der Waals surface area contributed by atoms with Crippen molar-refractivity contribution in [2.75, 3.05) is 7.11 Å². The Bertz CT molecular complexity index is 1390. The van der Waals surface area contributed by atoms with Gasteiger partial charge in [-0.3, -0.25) is 8.97 Å². The lowest BCUT2D eigenvalue weighted by Gasteiger charge is -2.10. The van der Waals surface area contributed by atoms with Crippen molar-refractivity contribution in [2.45, 2.75) is 24.8 Å². The average Bonchev–Trinajstić information content (AvgIpc) is 3.42. The number of aryl methyl sites for hydroxylation is 2. The molecule has 0 aliphatic rings. The maximum absolute atomic E-state index is 5.40. The fraction of sp³-hybridized carbons (Fsp3) is 0.167. The van der Waals surface area contributed by atoms with Crippen LogP contribution < -0.4 is 4.74 Å². The maximum Gasteiger partial charge on any atom is 0.234 e. The summed E-state index contributed by atoms with van der Waals surface area (Å²) in [5.41, 5.74) is 4.97. The molecule has 0 saturated carbocycles. The summed E-state index contributed by atoms with van der Waals surface area (Å²) in [6.07, 6.45) is 2.04. The van der Waals surface area contributed by atoms with E-state index in [4.69, 9.17) is 9.72 Å². The average molecular weight is 443 g/mol. The standard InChI is InChI=1S/C24H22N6OS/c1-16-12-17(2)29-14-19(26-23(29)25-16)15-32-24-28-27-22(18-8-7-11-21(13-18)31-3)30(24)20-9-5-4-6-10-20/h4-14H,15H2,1-3H3. The summed E-state index contributed by atoms with van der Waals surface area (Å²) in [6, 6.07) is 20.0. The number of methoxy groups -OCH3 is 1. The molecule has 0 spiro atoms. The fourth-order valence-corrected chi connectivity index (χ4v) is 4.48. The topological polar surface area (TPSA) is 70.1 Å². The first kappa shape index (κ1) is 20.3. The zero-order valence-electron chi connectivity index (χ0n) is 18.1. The van der Waals surface area contributed by atoms with Gasteiger partial charge in [0.05, 0.1) is 12.8 Å². The van der Waals surface area contributed by atoms with Gasteiger partial charge in [0.2, 0.25) is 5.78 Å². The number of benzene rings is 2. The number of rotatable bonds is 6. The molecule has 0 bridgehead atoms. The van der Waals surface area contributed by atoms with Crippen LogP contribution >= 0.6 is 11.8 Å². The molecule has 0 radical (unpaired) electrons. The zero-order chi connectivity index (χ0) is 22.1. The summed E-state index contributed by atoms with van der Waals surface area (Å²) in [4.78, 5) is 9.23. The number of aromatic nitrogens is 6. The predicted molar refractivity (Wildman–Crippen MR) is 125 cm³/mol. The molecular formula is C24H22N6OS. The van der Waals surface area contributed by atoms with Gasteiger partial charge in [0.15, 0.2) is 11.0 Å². The van der Waals surface area contributed by atoms with Crippen molar-refractivity contribution in [3.63, 3.8) is 0 Å². The van der Waals surface area contributed by atoms with Crippen LogP contribution in [0.5, 0.6) is 5.75 Å². The molecule has 5 aromatic rings. The van der Waals surface area contributed by atoms with Crippen molar-refractivity contribution in [3.05, 3.63) is 83.9 Å². The van der Waals surface area contributed by atoms with Crippen molar-refractivity contribution in [1.29, 1.82) is 0 Å². The minimum atomic E-state index is 0.658. The molecule has 2 aromatic carbocycles. The Kier molecular flexibility index (Phi) is 5.36. The summed E-state index contributed by atoms with van der Waals surface area (Å²) in [6.45, 7) is 4.05. The van der Waals surface area contributed by atoms with Crippen LogP contribution in [0, 0.1) is 13.8 Å². The van der Waals surface area contributed by atoms with Gasteiger partial charge < -0.3 is 4.74 Å². The highest BCUT2D eigenvalue weighted by atomic mass is 32.2. The number of ether oxygens (including phenoxy) is 1. The van der Waals surface area contributed by atoms with Crippen molar-refractivity contribution in [3.8, 4) is 22.8 Å². The molecule has 0 saturated heterocycles. The number of nitrogens with zero attached hydrogens (tertiary/aromatic N) is 6. The zero-order valence-corrected chi connectivity index (χ0v) is 18.9. The van der Waals surface area contributed by atoms with Crippen molar-refractivity contribution < 1.29 is 4.74 Å². The van der Waals surface area contributed by atoms with Gasteiger partial charge in [-0.05, 0) is 44.2 Å². The summed E-state index contributed by atoms with van der Waals surface area (Å²) in [5, 5.41) is 9.83. The van der Waals surface area contributed by atoms with Gasteiger partial charge in [-0.1, -0.05) is 42.1 Å². The minimum Gasteiger partial charge on any atom is -0.497 e. The van der Waals surface area contributed by atoms with E-state index in [1.807, 2.05) is 60.0 Å². The molecule has 0 unspecified atom stereocenters. The van der Waals surface area contributed by atoms with Crippen LogP contribution in [0.15, 0.2) is 72.0 Å². The molecule has 5 rings (SSSR count). The molecule has 0 aliphatic heterocycles. The third-order valence-corrected chi connectivity index (χ3v) is 6.10. The second-order valence-corrected chi connectivity index (χ2v) is 8.38. The normalized spacial score (nSPS) is 11.2. The fourth-order valence-electron chi connectivity index (χ4n) is 3.65. The van der Waals surface area contributed by atoms with Crippen LogP contribution in [-0.4, -0.2) is 36.2 Å². The highest BCUT2D eigenvalue weighted by molar-refractivity contribution is 7.98. The minimum absolute atomic E-state index is 0.658. The first-order valence-electron chi connectivity index (χ1n) is 10.2. The first-order valence-corrected chi connectivity index (χ1v) is 11.2. The number of hydrogen-bond acceptors (Lipinski definition) is 6. The van der Waals surface area contributed by atoms with Gasteiger partial charge in [0.25, 0.3) is 0 Å². The molecule has 8 heteroatoms. The van der Waals surface area contributed by atoms with Gasteiger partial charge >= 0.3 is 0 Å². The van der Waals surface area contributed by atoms with Crippen LogP contribution in [0.3, 0.4) is 0 Å². The summed E-state index contributed by atoms with van der Waals surface area (Å²) in [5.74, 6) is 2.92. The van der Waals surface area contributed by atoms with E-state index >= 15 is 0 Å². The van der Waals surface area contributed by atoms with Crippen LogP contribution in [-0.2, 0) is 5.75 Å². The number of fused-ring (bicyclic) bond motifs is 1. The Morgan fingerprint density at radius 3 is 2.59 bits per heavy atom. The van der Waals surface area contributed by atoms with Gasteiger partial charge in [0.1, 0.15) is 5.75 Å². The second-order valence-electron chi connectivity index (χ2n) is 7.44. The maximum atomic E-state index is 5.40.